The van der Waals surface area contributed by atoms with Gasteiger partial charge in [-0.1, -0.05) is 19.1 Å². The summed E-state index contributed by atoms with van der Waals surface area (Å²) in [6.45, 7) is 1.42. The van der Waals surface area contributed by atoms with Crippen molar-refractivity contribution in [2.75, 3.05) is 11.9 Å². The molecule has 0 heterocycles. The van der Waals surface area contributed by atoms with E-state index in [4.69, 9.17) is 0 Å². The molecule has 9 heteroatoms. The molecule has 0 spiro atoms. The highest BCUT2D eigenvalue weighted by Crippen LogP contribution is 2.29. The molecule has 0 saturated heterocycles. The molecule has 2 aromatic rings. The zero-order chi connectivity index (χ0) is 19.4. The summed E-state index contributed by atoms with van der Waals surface area (Å²) in [4.78, 5) is 11.5. The number of benzene rings is 2. The number of amides is 1. The normalized spacial score (nSPS) is 12.0. The molecule has 0 aliphatic heterocycles. The Morgan fingerprint density at radius 3 is 2.31 bits per heavy atom. The third-order valence-corrected chi connectivity index (χ3v) is 4.95. The van der Waals surface area contributed by atoms with Crippen LogP contribution in [-0.4, -0.2) is 20.9 Å². The number of rotatable bonds is 6. The van der Waals surface area contributed by atoms with Gasteiger partial charge in [-0.3, -0.25) is 4.79 Å². The number of nitrogens with one attached hydrogen (secondary N) is 2. The van der Waals surface area contributed by atoms with Gasteiger partial charge in [0.05, 0.1) is 17.0 Å². The van der Waals surface area contributed by atoms with Gasteiger partial charge in [-0.05, 0) is 48.4 Å². The summed E-state index contributed by atoms with van der Waals surface area (Å²) in [5, 5.41) is 2.56. The molecule has 26 heavy (non-hydrogen) atoms. The summed E-state index contributed by atoms with van der Waals surface area (Å²) >= 11 is 0. The lowest BCUT2D eigenvalue weighted by Gasteiger charge is -2.10. The van der Waals surface area contributed by atoms with Gasteiger partial charge >= 0.3 is 6.18 Å². The molecule has 0 aromatic heterocycles. The Morgan fingerprint density at radius 2 is 1.73 bits per heavy atom. The maximum atomic E-state index is 12.5. The summed E-state index contributed by atoms with van der Waals surface area (Å²) in [6, 6.07) is 10.1. The maximum Gasteiger partial charge on any atom is 0.416 e. The van der Waals surface area contributed by atoms with Gasteiger partial charge in [-0.25, -0.2) is 13.1 Å². The summed E-state index contributed by atoms with van der Waals surface area (Å²) in [5.41, 5.74) is 0.584. The van der Waals surface area contributed by atoms with Gasteiger partial charge in [0, 0.05) is 5.69 Å². The van der Waals surface area contributed by atoms with Crippen LogP contribution in [0.3, 0.4) is 0 Å². The Hall–Kier alpha value is -2.39. The van der Waals surface area contributed by atoms with Gasteiger partial charge in [0.2, 0.25) is 15.9 Å². The van der Waals surface area contributed by atoms with Crippen molar-refractivity contribution in [1.82, 2.24) is 4.72 Å². The van der Waals surface area contributed by atoms with Crippen LogP contribution < -0.4 is 10.0 Å². The smallest absolute Gasteiger partial charge is 0.325 e. The van der Waals surface area contributed by atoms with Crippen LogP contribution in [0, 0.1) is 0 Å². The minimum absolute atomic E-state index is 0.355. The molecular weight excluding hydrogens is 369 g/mol. The second-order valence-electron chi connectivity index (χ2n) is 5.45. The van der Waals surface area contributed by atoms with E-state index in [1.807, 2.05) is 13.0 Å². The first-order valence-electron chi connectivity index (χ1n) is 7.67. The lowest BCUT2D eigenvalue weighted by atomic mass is 10.1. The van der Waals surface area contributed by atoms with Crippen molar-refractivity contribution < 1.29 is 26.4 Å². The average Bonchev–Trinajstić information content (AvgIpc) is 2.59. The highest BCUT2D eigenvalue weighted by molar-refractivity contribution is 7.89. The molecule has 0 saturated carbocycles. The first-order chi connectivity index (χ1) is 12.1. The quantitative estimate of drug-likeness (QED) is 0.801. The van der Waals surface area contributed by atoms with E-state index in [2.05, 4.69) is 10.0 Å². The molecule has 2 rings (SSSR count). The minimum Gasteiger partial charge on any atom is -0.325 e. The Kier molecular flexibility index (Phi) is 6.04. The molecule has 140 valence electrons. The first kappa shape index (κ1) is 19.9. The van der Waals surface area contributed by atoms with Crippen molar-refractivity contribution in [2.24, 2.45) is 0 Å². The Balaban J connectivity index is 1.99. The third kappa shape index (κ3) is 5.30. The molecule has 0 fully saturated rings. The molecule has 1 amide bonds. The molecule has 5 nitrogen and oxygen atoms in total. The summed E-state index contributed by atoms with van der Waals surface area (Å²) < 4.78 is 63.8. The van der Waals surface area contributed by atoms with E-state index in [1.165, 1.54) is 0 Å². The standard InChI is InChI=1S/C17H17F3N2O3S/c1-2-12-4-3-5-14(10-12)22-16(23)11-21-26(24,25)15-8-6-13(7-9-15)17(18,19)20/h3-10,21H,2,11H2,1H3,(H,22,23). The first-order valence-corrected chi connectivity index (χ1v) is 9.16. The van der Waals surface area contributed by atoms with Crippen molar-refractivity contribution in [2.45, 2.75) is 24.4 Å². The van der Waals surface area contributed by atoms with E-state index in [-0.39, 0.29) is 4.90 Å². The van der Waals surface area contributed by atoms with Crippen molar-refractivity contribution >= 4 is 21.6 Å². The number of anilines is 1. The van der Waals surface area contributed by atoms with Crippen LogP contribution in [-0.2, 0) is 27.4 Å². The van der Waals surface area contributed by atoms with Gasteiger partial charge in [-0.15, -0.1) is 0 Å². The highest BCUT2D eigenvalue weighted by Gasteiger charge is 2.30. The lowest BCUT2D eigenvalue weighted by molar-refractivity contribution is -0.137. The van der Waals surface area contributed by atoms with Crippen LogP contribution in [0.5, 0.6) is 0 Å². The van der Waals surface area contributed by atoms with Crippen molar-refractivity contribution in [1.29, 1.82) is 0 Å². The van der Waals surface area contributed by atoms with Crippen LogP contribution in [0.4, 0.5) is 18.9 Å². The second-order valence-corrected chi connectivity index (χ2v) is 7.22. The second kappa shape index (κ2) is 7.88. The number of hydrogen-bond donors (Lipinski definition) is 2. The molecule has 2 N–H and O–H groups in total. The van der Waals surface area contributed by atoms with E-state index in [0.29, 0.717) is 17.8 Å². The topological polar surface area (TPSA) is 75.3 Å². The Morgan fingerprint density at radius 1 is 1.08 bits per heavy atom. The highest BCUT2D eigenvalue weighted by atomic mass is 32.2. The van der Waals surface area contributed by atoms with Gasteiger partial charge in [0.15, 0.2) is 0 Å². The van der Waals surface area contributed by atoms with Crippen molar-refractivity contribution in [3.63, 3.8) is 0 Å². The van der Waals surface area contributed by atoms with Crippen LogP contribution >= 0.6 is 0 Å². The zero-order valence-electron chi connectivity index (χ0n) is 13.8. The van der Waals surface area contributed by atoms with Gasteiger partial charge in [0.1, 0.15) is 0 Å². The predicted molar refractivity (Wildman–Crippen MR) is 91.1 cm³/mol. The molecule has 0 unspecified atom stereocenters. The number of carbonyl (C=O) groups is 1. The number of sulfonamides is 1. The summed E-state index contributed by atoms with van der Waals surface area (Å²) in [6.07, 6.45) is -3.77. The maximum absolute atomic E-state index is 12.5. The zero-order valence-corrected chi connectivity index (χ0v) is 14.6. The number of aryl methyl sites for hydroxylation is 1. The van der Waals surface area contributed by atoms with Gasteiger partial charge < -0.3 is 5.32 Å². The fourth-order valence-electron chi connectivity index (χ4n) is 2.14. The summed E-state index contributed by atoms with van der Waals surface area (Å²) in [5.74, 6) is -0.589. The van der Waals surface area contributed by atoms with Crippen molar-refractivity contribution in [3.8, 4) is 0 Å². The predicted octanol–water partition coefficient (Wildman–Crippen LogP) is 3.18. The van der Waals surface area contributed by atoms with Crippen LogP contribution in [0.15, 0.2) is 53.4 Å². The number of halogens is 3. The molecule has 0 atom stereocenters. The third-order valence-electron chi connectivity index (χ3n) is 3.53. The largest absolute Gasteiger partial charge is 0.416 e. The molecule has 0 aliphatic rings. The minimum atomic E-state index is -4.55. The number of alkyl halides is 3. The molecule has 2 aromatic carbocycles. The number of hydrogen-bond acceptors (Lipinski definition) is 3. The fraction of sp³-hybridized carbons (Fsp3) is 0.235. The van der Waals surface area contributed by atoms with E-state index in [9.17, 15) is 26.4 Å². The Bertz CT molecular complexity index is 879. The van der Waals surface area contributed by atoms with Gasteiger partial charge in [0.25, 0.3) is 0 Å². The van der Waals surface area contributed by atoms with Gasteiger partial charge in [-0.2, -0.15) is 13.2 Å². The van der Waals surface area contributed by atoms with Crippen molar-refractivity contribution in [3.05, 3.63) is 59.7 Å². The van der Waals surface area contributed by atoms with Crippen LogP contribution in [0.25, 0.3) is 0 Å². The van der Waals surface area contributed by atoms with E-state index in [1.54, 1.807) is 18.2 Å². The average molecular weight is 386 g/mol. The molecular formula is C17H17F3N2O3S. The summed E-state index contributed by atoms with van der Waals surface area (Å²) in [7, 11) is -4.10. The van der Waals surface area contributed by atoms with E-state index < -0.39 is 34.2 Å². The Labute approximate surface area is 149 Å². The lowest BCUT2D eigenvalue weighted by Crippen LogP contribution is -2.33. The van der Waals surface area contributed by atoms with Crippen LogP contribution in [0.1, 0.15) is 18.1 Å². The number of carbonyl (C=O) groups excluding carboxylic acids is 1. The fourth-order valence-corrected chi connectivity index (χ4v) is 3.12. The monoisotopic (exact) mass is 386 g/mol. The van der Waals surface area contributed by atoms with E-state index >= 15 is 0 Å². The molecule has 0 bridgehead atoms. The SMILES string of the molecule is CCc1cccc(NC(=O)CNS(=O)(=O)c2ccc(C(F)(F)F)cc2)c1. The van der Waals surface area contributed by atoms with E-state index in [0.717, 1.165) is 24.1 Å². The molecule has 0 radical (unpaired) electrons. The molecule has 0 aliphatic carbocycles. The van der Waals surface area contributed by atoms with Crippen LogP contribution in [0.2, 0.25) is 0 Å².